The number of carbonyl (C=O) groups excluding carboxylic acids is 8. The quantitative estimate of drug-likeness (QED) is 0.291. The molecule has 62 heavy (non-hydrogen) atoms. The first kappa shape index (κ1) is 45.5. The van der Waals surface area contributed by atoms with Crippen molar-refractivity contribution in [3.8, 4) is 0 Å². The van der Waals surface area contributed by atoms with Crippen LogP contribution in [0.25, 0.3) is 0 Å². The number of esters is 8. The first-order valence-corrected chi connectivity index (χ1v) is 19.8. The van der Waals surface area contributed by atoms with Crippen LogP contribution in [-0.4, -0.2) is 129 Å². The molecule has 2 aromatic rings. The molecule has 20 nitrogen and oxygen atoms in total. The standard InChI is InChI=1S/C42H48N2O18/c1-20-11-12-26-13-15-44-17-28(26)38(52)55-18-39(7)29-30(56-22(3)46)34(58-24(5)48)41(19-54-21(2)45)35(59-25(6)49)31(57-23(4)47)33(61-36(20)50)40(8,53)42(41,62-39)32(29)60-37(51)27-10-9-14-43-16-27/h9-10,13-17,20,29-35,53H,11-12,18-19H2,1-8H3/t20?,29-,30+,31+,32-,33+,34-,35+,39+,40+,41-,42+/m1/s1. The fourth-order valence-corrected chi connectivity index (χ4v) is 9.67. The second-order valence-electron chi connectivity index (χ2n) is 16.3. The highest BCUT2D eigenvalue weighted by molar-refractivity contribution is 5.91. The SMILES string of the molecule is CC(=O)OC[C@]12[C@H](OC(C)=O)[C@@H](OC(C)=O)[C@@H]3[C@@H](OC(=O)c4cccnc4)[C@@]14O[C@@]3(C)COC(=O)c1cnccc1CCC(C)C(=O)O[C@@H]([C@H](OC(C)=O)[C@@H]2OC(C)=O)[C@]4(C)O. The number of hydrogen-bond acceptors (Lipinski definition) is 20. The Hall–Kier alpha value is -6.02. The Morgan fingerprint density at radius 3 is 2.00 bits per heavy atom. The second kappa shape index (κ2) is 17.0. The number of pyridine rings is 2. The van der Waals surface area contributed by atoms with Crippen molar-refractivity contribution in [2.24, 2.45) is 17.3 Å². The van der Waals surface area contributed by atoms with Crippen LogP contribution in [0, 0.1) is 17.3 Å². The number of nitrogens with zero attached hydrogens (tertiary/aromatic N) is 2. The van der Waals surface area contributed by atoms with Gasteiger partial charge in [-0.3, -0.25) is 38.7 Å². The van der Waals surface area contributed by atoms with Gasteiger partial charge in [0.2, 0.25) is 0 Å². The van der Waals surface area contributed by atoms with Crippen LogP contribution in [0.4, 0.5) is 0 Å². The van der Waals surface area contributed by atoms with Crippen LogP contribution in [0.5, 0.6) is 0 Å². The monoisotopic (exact) mass is 868 g/mol. The molecule has 6 rings (SSSR count). The van der Waals surface area contributed by atoms with Gasteiger partial charge < -0.3 is 47.7 Å². The minimum Gasteiger partial charge on any atom is -0.465 e. The molecule has 1 spiro atoms. The Bertz CT molecular complexity index is 2140. The molecule has 20 heteroatoms. The number of ether oxygens (including phenoxy) is 9. The summed E-state index contributed by atoms with van der Waals surface area (Å²) in [7, 11) is 0. The van der Waals surface area contributed by atoms with Crippen molar-refractivity contribution in [1.82, 2.24) is 9.97 Å². The summed E-state index contributed by atoms with van der Waals surface area (Å²) < 4.78 is 55.2. The van der Waals surface area contributed by atoms with E-state index >= 15 is 0 Å². The predicted molar refractivity (Wildman–Crippen MR) is 203 cm³/mol. The Morgan fingerprint density at radius 2 is 1.40 bits per heavy atom. The van der Waals surface area contributed by atoms with E-state index < -0.39 is 132 Å². The number of fused-ring (bicyclic) bond motifs is 5. The van der Waals surface area contributed by atoms with Crippen molar-refractivity contribution < 1.29 is 86.1 Å². The second-order valence-corrected chi connectivity index (χ2v) is 16.3. The molecule has 2 aromatic heterocycles. The zero-order chi connectivity index (χ0) is 45.5. The summed E-state index contributed by atoms with van der Waals surface area (Å²) in [6, 6.07) is 4.34. The third-order valence-electron chi connectivity index (χ3n) is 12.0. The summed E-state index contributed by atoms with van der Waals surface area (Å²) in [5.74, 6) is -10.8. The topological polar surface area (TPSA) is 266 Å². The van der Waals surface area contributed by atoms with Crippen LogP contribution in [0.15, 0.2) is 43.0 Å². The van der Waals surface area contributed by atoms with E-state index in [1.807, 2.05) is 0 Å². The van der Waals surface area contributed by atoms with E-state index in [4.69, 9.17) is 42.6 Å². The average Bonchev–Trinajstić information content (AvgIpc) is 3.42. The molecule has 1 unspecified atom stereocenters. The van der Waals surface area contributed by atoms with Crippen LogP contribution in [0.1, 0.15) is 88.1 Å². The van der Waals surface area contributed by atoms with Crippen LogP contribution >= 0.6 is 0 Å². The smallest absolute Gasteiger partial charge is 0.340 e. The largest absolute Gasteiger partial charge is 0.465 e. The lowest BCUT2D eigenvalue weighted by Gasteiger charge is -2.67. The summed E-state index contributed by atoms with van der Waals surface area (Å²) in [5, 5.41) is 13.6. The van der Waals surface area contributed by atoms with Crippen molar-refractivity contribution in [3.63, 3.8) is 0 Å². The van der Waals surface area contributed by atoms with Gasteiger partial charge in [-0.2, -0.15) is 0 Å². The van der Waals surface area contributed by atoms with Gasteiger partial charge in [0.05, 0.1) is 23.0 Å². The molecule has 2 aliphatic heterocycles. The van der Waals surface area contributed by atoms with Crippen molar-refractivity contribution in [3.05, 3.63) is 59.7 Å². The molecule has 4 bridgehead atoms. The molecule has 334 valence electrons. The maximum Gasteiger partial charge on any atom is 0.340 e. The normalized spacial score (nSPS) is 35.0. The Morgan fingerprint density at radius 1 is 0.790 bits per heavy atom. The van der Waals surface area contributed by atoms with Crippen LogP contribution in [-0.2, 0) is 77.8 Å². The maximum absolute atomic E-state index is 14.4. The van der Waals surface area contributed by atoms with Gasteiger partial charge in [-0.1, -0.05) is 6.92 Å². The molecular formula is C42H48N2O18. The molecule has 3 fully saturated rings. The lowest BCUT2D eigenvalue weighted by atomic mass is 9.45. The van der Waals surface area contributed by atoms with E-state index in [-0.39, 0.29) is 24.0 Å². The average molecular weight is 869 g/mol. The van der Waals surface area contributed by atoms with Gasteiger partial charge in [0.25, 0.3) is 0 Å². The van der Waals surface area contributed by atoms with E-state index in [1.165, 1.54) is 44.6 Å². The molecule has 4 heterocycles. The number of rotatable bonds is 8. The maximum atomic E-state index is 14.4. The summed E-state index contributed by atoms with van der Waals surface area (Å²) >= 11 is 0. The van der Waals surface area contributed by atoms with Gasteiger partial charge in [0.1, 0.15) is 42.0 Å². The molecule has 2 saturated carbocycles. The molecular weight excluding hydrogens is 820 g/mol. The van der Waals surface area contributed by atoms with E-state index in [0.29, 0.717) is 5.56 Å². The highest BCUT2D eigenvalue weighted by atomic mass is 16.7. The number of aliphatic hydroxyl groups is 1. The van der Waals surface area contributed by atoms with Crippen molar-refractivity contribution in [2.45, 2.75) is 122 Å². The van der Waals surface area contributed by atoms with Gasteiger partial charge in [-0.05, 0) is 50.5 Å². The number of aryl methyl sites for hydroxylation is 1. The first-order chi connectivity index (χ1) is 29.1. The molecule has 2 aliphatic carbocycles. The molecule has 0 radical (unpaired) electrons. The highest BCUT2D eigenvalue weighted by Gasteiger charge is 2.92. The van der Waals surface area contributed by atoms with E-state index in [9.17, 15) is 43.5 Å². The third kappa shape index (κ3) is 7.73. The third-order valence-corrected chi connectivity index (χ3v) is 12.0. The van der Waals surface area contributed by atoms with Gasteiger partial charge in [0.15, 0.2) is 30.0 Å². The zero-order valence-corrected chi connectivity index (χ0v) is 35.3. The Balaban J connectivity index is 1.79. The summed E-state index contributed by atoms with van der Waals surface area (Å²) in [5.41, 5.74) is -10.1. The molecule has 0 aromatic carbocycles. The number of hydrogen-bond donors (Lipinski definition) is 1. The lowest BCUT2D eigenvalue weighted by Crippen LogP contribution is -2.89. The summed E-state index contributed by atoms with van der Waals surface area (Å²) in [4.78, 5) is 117. The molecule has 1 N–H and O–H groups in total. The Kier molecular flexibility index (Phi) is 12.5. The van der Waals surface area contributed by atoms with Gasteiger partial charge in [0, 0.05) is 59.4 Å². The fourth-order valence-electron chi connectivity index (χ4n) is 9.67. The molecule has 0 amide bonds. The predicted octanol–water partition coefficient (Wildman–Crippen LogP) is 1.55. The molecule has 4 aliphatic rings. The van der Waals surface area contributed by atoms with Crippen molar-refractivity contribution in [2.75, 3.05) is 13.2 Å². The van der Waals surface area contributed by atoms with E-state index in [0.717, 1.165) is 47.7 Å². The lowest BCUT2D eigenvalue weighted by molar-refractivity contribution is -0.386. The van der Waals surface area contributed by atoms with Gasteiger partial charge in [-0.25, -0.2) is 9.59 Å². The van der Waals surface area contributed by atoms with Crippen molar-refractivity contribution in [1.29, 1.82) is 0 Å². The highest BCUT2D eigenvalue weighted by Crippen LogP contribution is 2.70. The minimum atomic E-state index is -2.87. The summed E-state index contributed by atoms with van der Waals surface area (Å²) in [6.45, 7) is 7.05. The zero-order valence-electron chi connectivity index (χ0n) is 35.3. The minimum absolute atomic E-state index is 0.0133. The Labute approximate surface area is 355 Å². The van der Waals surface area contributed by atoms with Gasteiger partial charge in [-0.15, -0.1) is 0 Å². The fraction of sp³-hybridized carbons (Fsp3) is 0.571. The first-order valence-electron chi connectivity index (χ1n) is 19.8. The number of carbonyl (C=O) groups is 8. The van der Waals surface area contributed by atoms with E-state index in [1.54, 1.807) is 6.07 Å². The van der Waals surface area contributed by atoms with Crippen LogP contribution in [0.3, 0.4) is 0 Å². The van der Waals surface area contributed by atoms with Crippen molar-refractivity contribution >= 4 is 47.8 Å². The van der Waals surface area contributed by atoms with Crippen LogP contribution in [0.2, 0.25) is 0 Å². The molecule has 1 saturated heterocycles. The number of aromatic nitrogens is 2. The van der Waals surface area contributed by atoms with Crippen LogP contribution < -0.4 is 0 Å². The van der Waals surface area contributed by atoms with E-state index in [2.05, 4.69) is 9.97 Å². The van der Waals surface area contributed by atoms with Gasteiger partial charge >= 0.3 is 47.8 Å². The summed E-state index contributed by atoms with van der Waals surface area (Å²) in [6.07, 6.45) is -6.78. The number of cyclic esters (lactones) is 1. The molecule has 12 atom stereocenters.